The number of alkyl halides is 3. The van der Waals surface area contributed by atoms with Crippen molar-refractivity contribution in [3.63, 3.8) is 0 Å². The molecule has 13 heteroatoms. The molecule has 2 saturated heterocycles. The van der Waals surface area contributed by atoms with E-state index < -0.39 is 65.1 Å². The Bertz CT molecular complexity index is 1210. The number of hydrogen-bond acceptors (Lipinski definition) is 6. The van der Waals surface area contributed by atoms with Gasteiger partial charge in [0.2, 0.25) is 5.82 Å². The molecule has 2 fully saturated rings. The summed E-state index contributed by atoms with van der Waals surface area (Å²) in [6, 6.07) is 4.46. The number of benzene rings is 1. The largest absolute Gasteiger partial charge is 0.493 e. The van der Waals surface area contributed by atoms with E-state index in [4.69, 9.17) is 15.2 Å². The van der Waals surface area contributed by atoms with Crippen molar-refractivity contribution in [3.05, 3.63) is 53.4 Å². The smallest absolute Gasteiger partial charge is 0.417 e. The normalized spacial score (nSPS) is 27.6. The second-order valence-electron chi connectivity index (χ2n) is 8.84. The molecule has 0 spiro atoms. The zero-order chi connectivity index (χ0) is 26.6. The van der Waals surface area contributed by atoms with Crippen LogP contribution >= 0.6 is 0 Å². The van der Waals surface area contributed by atoms with Gasteiger partial charge in [-0.3, -0.25) is 24.8 Å². The van der Waals surface area contributed by atoms with Gasteiger partial charge in [0.1, 0.15) is 18.0 Å². The molecule has 8 nitrogen and oxygen atoms in total. The zero-order valence-corrected chi connectivity index (χ0v) is 19.4. The third kappa shape index (κ3) is 4.15. The minimum atomic E-state index is -4.90. The Morgan fingerprint density at radius 1 is 1.28 bits per heavy atom. The van der Waals surface area contributed by atoms with Gasteiger partial charge in [-0.1, -0.05) is 13.0 Å². The molecule has 2 aliphatic heterocycles. The fraction of sp³-hybridized carbons (Fsp3) is 0.435. The highest BCUT2D eigenvalue weighted by atomic mass is 19.4. The maximum absolute atomic E-state index is 14.6. The first kappa shape index (κ1) is 25.8. The molecule has 2 aliphatic rings. The number of hydrogen-bond donors (Lipinski definition) is 2. The molecule has 1 aromatic carbocycles. The van der Waals surface area contributed by atoms with Crippen LogP contribution in [0.1, 0.15) is 35.8 Å². The molecule has 0 saturated carbocycles. The second kappa shape index (κ2) is 8.96. The Morgan fingerprint density at radius 2 is 1.94 bits per heavy atom. The lowest BCUT2D eigenvalue weighted by Gasteiger charge is -2.32. The van der Waals surface area contributed by atoms with Gasteiger partial charge in [-0.15, -0.1) is 0 Å². The lowest BCUT2D eigenvalue weighted by molar-refractivity contribution is -0.272. The molecule has 0 aliphatic carbocycles. The maximum atomic E-state index is 14.6. The van der Waals surface area contributed by atoms with Crippen molar-refractivity contribution in [2.75, 3.05) is 18.6 Å². The molecule has 0 radical (unpaired) electrons. The highest BCUT2D eigenvalue weighted by molar-refractivity contribution is 6.00. The van der Waals surface area contributed by atoms with Crippen molar-refractivity contribution >= 4 is 17.5 Å². The van der Waals surface area contributed by atoms with Crippen molar-refractivity contribution in [2.45, 2.75) is 43.8 Å². The van der Waals surface area contributed by atoms with Gasteiger partial charge in [-0.25, -0.2) is 4.39 Å². The second-order valence-corrected chi connectivity index (χ2v) is 8.84. The average Bonchev–Trinajstić information content (AvgIpc) is 3.60. The van der Waals surface area contributed by atoms with Gasteiger partial charge in [0, 0.05) is 35.8 Å². The summed E-state index contributed by atoms with van der Waals surface area (Å²) in [6.07, 6.45) is -6.04. The van der Waals surface area contributed by atoms with Crippen LogP contribution in [0.2, 0.25) is 0 Å². The van der Waals surface area contributed by atoms with Gasteiger partial charge >= 0.3 is 6.18 Å². The Kier molecular flexibility index (Phi) is 6.41. The number of nitrogens with zero attached hydrogens (tertiary/aromatic N) is 2. The van der Waals surface area contributed by atoms with E-state index in [-0.39, 0.29) is 16.9 Å². The van der Waals surface area contributed by atoms with Crippen molar-refractivity contribution in [1.29, 1.82) is 0 Å². The molecule has 194 valence electrons. The Hall–Kier alpha value is -3.32. The number of carbonyl (C=O) groups excluding carboxylic acids is 2. The molecular formula is C23H23F5N4O4. The first-order valence-electron chi connectivity index (χ1n) is 10.9. The SMILES string of the molecule is COc1c([C@H]2[C@H](C(=O)N(c3ccnc(C(N)=O)c3)C3CN3)O[C@@](C)(C(F)(F)F)[C@H]2C)ccc(F)c1F. The van der Waals surface area contributed by atoms with Crippen molar-refractivity contribution < 1.29 is 41.0 Å². The summed E-state index contributed by atoms with van der Waals surface area (Å²) in [5.41, 5.74) is 2.32. The van der Waals surface area contributed by atoms with Crippen LogP contribution in [0, 0.1) is 17.6 Å². The lowest BCUT2D eigenvalue weighted by Crippen LogP contribution is -2.48. The molecule has 5 atom stereocenters. The van der Waals surface area contributed by atoms with Crippen LogP contribution in [-0.4, -0.2) is 54.5 Å². The zero-order valence-electron chi connectivity index (χ0n) is 19.4. The number of pyridine rings is 1. The summed E-state index contributed by atoms with van der Waals surface area (Å²) in [5, 5.41) is 2.90. The standard InChI is InChI=1S/C23H23F5N4O4/c1-10-16(12-4-5-13(24)17(25)18(12)35-3)19(36-22(10,2)23(26,27)28)21(34)32(15-9-31-15)11-6-7-30-14(8-11)20(29)33/h4-8,10,15-16,19,31H,9H2,1-3H3,(H2,29,33)/t10-,15?,16-,19+,22+/m0/s1. The van der Waals surface area contributed by atoms with E-state index in [1.54, 1.807) is 0 Å². The first-order valence-corrected chi connectivity index (χ1v) is 10.9. The number of aromatic nitrogens is 1. The van der Waals surface area contributed by atoms with Crippen molar-refractivity contribution in [2.24, 2.45) is 11.7 Å². The average molecular weight is 514 g/mol. The number of rotatable bonds is 6. The Labute approximate surface area is 202 Å². The molecular weight excluding hydrogens is 491 g/mol. The van der Waals surface area contributed by atoms with Gasteiger partial charge in [0.15, 0.2) is 17.2 Å². The molecule has 3 heterocycles. The van der Waals surface area contributed by atoms with Gasteiger partial charge < -0.3 is 15.2 Å². The van der Waals surface area contributed by atoms with Gasteiger partial charge in [0.25, 0.3) is 11.8 Å². The number of amides is 2. The molecule has 0 bridgehead atoms. The summed E-state index contributed by atoms with van der Waals surface area (Å²) in [4.78, 5) is 30.4. The fourth-order valence-electron chi connectivity index (χ4n) is 4.56. The van der Waals surface area contributed by atoms with E-state index in [2.05, 4.69) is 10.3 Å². The van der Waals surface area contributed by atoms with E-state index >= 15 is 0 Å². The Balaban J connectivity index is 1.85. The van der Waals surface area contributed by atoms with Crippen molar-refractivity contribution in [1.82, 2.24) is 10.3 Å². The number of nitrogens with one attached hydrogen (secondary N) is 1. The summed E-state index contributed by atoms with van der Waals surface area (Å²) in [7, 11) is 1.05. The molecule has 2 amide bonds. The highest BCUT2D eigenvalue weighted by Gasteiger charge is 2.66. The monoisotopic (exact) mass is 514 g/mol. The van der Waals surface area contributed by atoms with Crippen LogP contribution in [0.5, 0.6) is 5.75 Å². The molecule has 3 N–H and O–H groups in total. The molecule has 2 aromatic rings. The van der Waals surface area contributed by atoms with E-state index in [1.165, 1.54) is 25.3 Å². The highest BCUT2D eigenvalue weighted by Crippen LogP contribution is 2.55. The molecule has 1 aromatic heterocycles. The van der Waals surface area contributed by atoms with Crippen LogP contribution in [-0.2, 0) is 9.53 Å². The van der Waals surface area contributed by atoms with Gasteiger partial charge in [-0.05, 0) is 25.1 Å². The quantitative estimate of drug-likeness (QED) is 0.453. The topological polar surface area (TPSA) is 117 Å². The van der Waals surface area contributed by atoms with E-state index in [1.807, 2.05) is 0 Å². The van der Waals surface area contributed by atoms with Gasteiger partial charge in [0.05, 0.1) is 7.11 Å². The number of carbonyl (C=O) groups is 2. The van der Waals surface area contributed by atoms with Gasteiger partial charge in [-0.2, -0.15) is 17.6 Å². The predicted molar refractivity (Wildman–Crippen MR) is 116 cm³/mol. The summed E-state index contributed by atoms with van der Waals surface area (Å²) in [6.45, 7) is 2.35. The van der Waals surface area contributed by atoms with Crippen LogP contribution < -0.4 is 20.7 Å². The van der Waals surface area contributed by atoms with Crippen LogP contribution in [0.25, 0.3) is 0 Å². The number of nitrogens with two attached hydrogens (primary N) is 1. The Morgan fingerprint density at radius 3 is 2.50 bits per heavy atom. The lowest BCUT2D eigenvalue weighted by atomic mass is 9.76. The third-order valence-electron chi connectivity index (χ3n) is 6.77. The van der Waals surface area contributed by atoms with E-state index in [0.717, 1.165) is 31.1 Å². The molecule has 36 heavy (non-hydrogen) atoms. The molecule has 4 rings (SSSR count). The van der Waals surface area contributed by atoms with E-state index in [0.29, 0.717) is 6.54 Å². The number of anilines is 1. The summed E-state index contributed by atoms with van der Waals surface area (Å²) < 4.78 is 81.5. The number of halogens is 5. The minimum Gasteiger partial charge on any atom is -0.493 e. The number of primary amides is 1. The predicted octanol–water partition coefficient (Wildman–Crippen LogP) is 2.87. The van der Waals surface area contributed by atoms with Crippen molar-refractivity contribution in [3.8, 4) is 5.75 Å². The first-order chi connectivity index (χ1) is 16.8. The third-order valence-corrected chi connectivity index (χ3v) is 6.77. The number of ether oxygens (including phenoxy) is 2. The van der Waals surface area contributed by atoms with E-state index in [9.17, 15) is 31.5 Å². The minimum absolute atomic E-state index is 0.145. The van der Waals surface area contributed by atoms with Crippen LogP contribution in [0.4, 0.5) is 27.6 Å². The molecule has 1 unspecified atom stereocenters. The fourth-order valence-corrected chi connectivity index (χ4v) is 4.56. The van der Waals surface area contributed by atoms with Crippen LogP contribution in [0.3, 0.4) is 0 Å². The number of methoxy groups -OCH3 is 1. The summed E-state index contributed by atoms with van der Waals surface area (Å²) in [5.74, 6) is -7.80. The van der Waals surface area contributed by atoms with Crippen LogP contribution in [0.15, 0.2) is 30.5 Å². The summed E-state index contributed by atoms with van der Waals surface area (Å²) >= 11 is 0. The maximum Gasteiger partial charge on any atom is 0.417 e.